The third kappa shape index (κ3) is 2.16. The summed E-state index contributed by atoms with van der Waals surface area (Å²) in [6.07, 6.45) is 0. The smallest absolute Gasteiger partial charge is 0.227 e. The second-order valence-electron chi connectivity index (χ2n) is 5.50. The van der Waals surface area contributed by atoms with E-state index in [9.17, 15) is 0 Å². The number of anilines is 1. The van der Waals surface area contributed by atoms with Gasteiger partial charge in [0, 0.05) is 16.8 Å². The lowest BCUT2D eigenvalue weighted by Crippen LogP contribution is -1.92. The van der Waals surface area contributed by atoms with E-state index < -0.39 is 0 Å². The Balaban J connectivity index is 2.22. The normalized spacial score (nSPS) is 11.4. The van der Waals surface area contributed by atoms with Crippen LogP contribution in [0, 0.1) is 6.92 Å². The van der Waals surface area contributed by atoms with E-state index in [2.05, 4.69) is 37.9 Å². The zero-order valence-corrected chi connectivity index (χ0v) is 12.0. The summed E-state index contributed by atoms with van der Waals surface area (Å²) in [5.41, 5.74) is 11.6. The molecule has 0 radical (unpaired) electrons. The van der Waals surface area contributed by atoms with E-state index in [0.717, 1.165) is 27.9 Å². The van der Waals surface area contributed by atoms with Crippen molar-refractivity contribution in [3.8, 4) is 11.5 Å². The largest absolute Gasteiger partial charge is 0.436 e. The van der Waals surface area contributed by atoms with Crippen LogP contribution >= 0.6 is 0 Å². The number of oxazole rings is 1. The monoisotopic (exact) mass is 266 g/mol. The van der Waals surface area contributed by atoms with Gasteiger partial charge in [0.2, 0.25) is 5.89 Å². The highest BCUT2D eigenvalue weighted by atomic mass is 16.3. The number of hydrogen-bond donors (Lipinski definition) is 1. The van der Waals surface area contributed by atoms with Crippen LogP contribution in [0.4, 0.5) is 5.69 Å². The first-order chi connectivity index (χ1) is 9.54. The number of benzene rings is 2. The highest BCUT2D eigenvalue weighted by Crippen LogP contribution is 2.32. The van der Waals surface area contributed by atoms with Gasteiger partial charge in [-0.3, -0.25) is 0 Å². The van der Waals surface area contributed by atoms with E-state index in [-0.39, 0.29) is 0 Å². The maximum atomic E-state index is 5.99. The van der Waals surface area contributed by atoms with Gasteiger partial charge in [0.1, 0.15) is 5.52 Å². The van der Waals surface area contributed by atoms with Crippen molar-refractivity contribution in [1.82, 2.24) is 4.98 Å². The molecule has 2 N–H and O–H groups in total. The van der Waals surface area contributed by atoms with Gasteiger partial charge in [0.25, 0.3) is 0 Å². The molecule has 2 aromatic carbocycles. The molecule has 1 heterocycles. The second kappa shape index (κ2) is 4.67. The molecular weight excluding hydrogens is 248 g/mol. The Morgan fingerprint density at radius 2 is 1.95 bits per heavy atom. The van der Waals surface area contributed by atoms with Gasteiger partial charge in [0.05, 0.1) is 0 Å². The molecule has 0 aliphatic carbocycles. The Bertz CT molecular complexity index is 772. The molecule has 1 aromatic heterocycles. The maximum absolute atomic E-state index is 5.99. The molecule has 3 nitrogen and oxygen atoms in total. The first-order valence-electron chi connectivity index (χ1n) is 6.81. The van der Waals surface area contributed by atoms with E-state index in [0.29, 0.717) is 11.8 Å². The minimum atomic E-state index is 0.347. The maximum Gasteiger partial charge on any atom is 0.227 e. The summed E-state index contributed by atoms with van der Waals surface area (Å²) >= 11 is 0. The summed E-state index contributed by atoms with van der Waals surface area (Å²) in [6, 6.07) is 12.0. The molecule has 0 atom stereocenters. The lowest BCUT2D eigenvalue weighted by molar-refractivity contribution is 0.611. The van der Waals surface area contributed by atoms with E-state index in [1.54, 1.807) is 0 Å². The van der Waals surface area contributed by atoms with E-state index >= 15 is 0 Å². The first kappa shape index (κ1) is 12.7. The number of nitrogens with zero attached hydrogens (tertiary/aromatic N) is 1. The van der Waals surface area contributed by atoms with Crippen molar-refractivity contribution >= 4 is 16.8 Å². The standard InChI is InChI=1S/C17H18N2O/c1-10(2)14-8-13(18)9-15-16(14)20-17(19-15)12-6-4-5-11(3)7-12/h4-10H,18H2,1-3H3. The van der Waals surface area contributed by atoms with E-state index in [1.165, 1.54) is 5.56 Å². The summed E-state index contributed by atoms with van der Waals surface area (Å²) in [4.78, 5) is 4.58. The molecule has 20 heavy (non-hydrogen) atoms. The van der Waals surface area contributed by atoms with Gasteiger partial charge >= 0.3 is 0 Å². The number of aryl methyl sites for hydroxylation is 1. The predicted octanol–water partition coefficient (Wildman–Crippen LogP) is 4.51. The molecule has 0 spiro atoms. The third-order valence-corrected chi connectivity index (χ3v) is 3.43. The fraction of sp³-hybridized carbons (Fsp3) is 0.235. The van der Waals surface area contributed by atoms with Gasteiger partial charge in [0.15, 0.2) is 5.58 Å². The average Bonchev–Trinajstić information content (AvgIpc) is 2.81. The van der Waals surface area contributed by atoms with Crippen molar-refractivity contribution in [2.24, 2.45) is 0 Å². The average molecular weight is 266 g/mol. The van der Waals surface area contributed by atoms with Crippen LogP contribution in [0.3, 0.4) is 0 Å². The van der Waals surface area contributed by atoms with E-state index in [1.807, 2.05) is 24.3 Å². The summed E-state index contributed by atoms with van der Waals surface area (Å²) in [6.45, 7) is 6.32. The summed E-state index contributed by atoms with van der Waals surface area (Å²) in [5, 5.41) is 0. The fourth-order valence-corrected chi connectivity index (χ4v) is 2.41. The van der Waals surface area contributed by atoms with Gasteiger partial charge in [-0.1, -0.05) is 31.5 Å². The minimum absolute atomic E-state index is 0.347. The molecule has 3 heteroatoms. The van der Waals surface area contributed by atoms with Crippen LogP contribution in [-0.4, -0.2) is 4.98 Å². The van der Waals surface area contributed by atoms with Crippen molar-refractivity contribution in [3.63, 3.8) is 0 Å². The van der Waals surface area contributed by atoms with Gasteiger partial charge in [-0.2, -0.15) is 0 Å². The lowest BCUT2D eigenvalue weighted by Gasteiger charge is -2.06. The highest BCUT2D eigenvalue weighted by molar-refractivity contribution is 5.83. The number of hydrogen-bond acceptors (Lipinski definition) is 3. The molecule has 0 fully saturated rings. The van der Waals surface area contributed by atoms with Gasteiger partial charge in [-0.25, -0.2) is 4.98 Å². The Kier molecular flexibility index (Phi) is 2.97. The molecule has 3 aromatic rings. The van der Waals surface area contributed by atoms with Gasteiger partial charge in [-0.05, 0) is 37.1 Å². The minimum Gasteiger partial charge on any atom is -0.436 e. The molecule has 0 aliphatic rings. The van der Waals surface area contributed by atoms with Crippen molar-refractivity contribution in [3.05, 3.63) is 47.5 Å². The Morgan fingerprint density at radius 3 is 2.65 bits per heavy atom. The topological polar surface area (TPSA) is 52.0 Å². The zero-order valence-electron chi connectivity index (χ0n) is 12.0. The number of fused-ring (bicyclic) bond motifs is 1. The Morgan fingerprint density at radius 1 is 1.15 bits per heavy atom. The van der Waals surface area contributed by atoms with E-state index in [4.69, 9.17) is 10.2 Å². The summed E-state index contributed by atoms with van der Waals surface area (Å²) in [5.74, 6) is 0.996. The lowest BCUT2D eigenvalue weighted by atomic mass is 10.0. The molecule has 0 saturated heterocycles. The van der Waals surface area contributed by atoms with Crippen LogP contribution in [0.5, 0.6) is 0 Å². The van der Waals surface area contributed by atoms with Crippen molar-refractivity contribution in [1.29, 1.82) is 0 Å². The van der Waals surface area contributed by atoms with Crippen molar-refractivity contribution in [2.75, 3.05) is 5.73 Å². The molecule has 0 bridgehead atoms. The fourth-order valence-electron chi connectivity index (χ4n) is 2.41. The predicted molar refractivity (Wildman–Crippen MR) is 82.7 cm³/mol. The Hall–Kier alpha value is -2.29. The molecule has 0 unspecified atom stereocenters. The first-order valence-corrected chi connectivity index (χ1v) is 6.81. The second-order valence-corrected chi connectivity index (χ2v) is 5.50. The van der Waals surface area contributed by atoms with Crippen molar-refractivity contribution in [2.45, 2.75) is 26.7 Å². The molecule has 102 valence electrons. The molecule has 0 aliphatic heterocycles. The molecule has 0 amide bonds. The van der Waals surface area contributed by atoms with Gasteiger partial charge in [-0.15, -0.1) is 0 Å². The quantitative estimate of drug-likeness (QED) is 0.694. The summed E-state index contributed by atoms with van der Waals surface area (Å²) < 4.78 is 5.99. The molecule has 0 saturated carbocycles. The highest BCUT2D eigenvalue weighted by Gasteiger charge is 2.14. The Labute approximate surface area is 118 Å². The number of nitrogens with two attached hydrogens (primary N) is 1. The molecular formula is C17H18N2O. The number of aromatic nitrogens is 1. The van der Waals surface area contributed by atoms with Crippen molar-refractivity contribution < 1.29 is 4.42 Å². The van der Waals surface area contributed by atoms with Crippen LogP contribution in [0.1, 0.15) is 30.9 Å². The molecule has 3 rings (SSSR count). The van der Waals surface area contributed by atoms with Crippen LogP contribution in [-0.2, 0) is 0 Å². The van der Waals surface area contributed by atoms with Crippen LogP contribution < -0.4 is 5.73 Å². The van der Waals surface area contributed by atoms with Crippen LogP contribution in [0.25, 0.3) is 22.6 Å². The van der Waals surface area contributed by atoms with Crippen LogP contribution in [0.2, 0.25) is 0 Å². The van der Waals surface area contributed by atoms with Crippen LogP contribution in [0.15, 0.2) is 40.8 Å². The number of nitrogen functional groups attached to an aromatic ring is 1. The number of rotatable bonds is 2. The third-order valence-electron chi connectivity index (χ3n) is 3.43. The zero-order chi connectivity index (χ0) is 14.3. The summed E-state index contributed by atoms with van der Waals surface area (Å²) in [7, 11) is 0. The SMILES string of the molecule is Cc1cccc(-c2nc3cc(N)cc(C(C)C)c3o2)c1. The van der Waals surface area contributed by atoms with Gasteiger partial charge < -0.3 is 10.2 Å².